The van der Waals surface area contributed by atoms with Crippen LogP contribution in [-0.4, -0.2) is 17.6 Å². The summed E-state index contributed by atoms with van der Waals surface area (Å²) in [7, 11) is 0. The predicted octanol–water partition coefficient (Wildman–Crippen LogP) is 3.37. The van der Waals surface area contributed by atoms with Crippen molar-refractivity contribution < 1.29 is 9.53 Å². The number of carbonyl (C=O) groups excluding carboxylic acids is 1. The van der Waals surface area contributed by atoms with Crippen LogP contribution in [-0.2, 0) is 4.74 Å². The first-order chi connectivity index (χ1) is 8.11. The van der Waals surface area contributed by atoms with Crippen LogP contribution < -0.4 is 0 Å². The minimum atomic E-state index is -0.348. The summed E-state index contributed by atoms with van der Waals surface area (Å²) in [4.78, 5) is 16.1. The van der Waals surface area contributed by atoms with E-state index in [1.54, 1.807) is 32.0 Å². The lowest BCUT2D eigenvalue weighted by Crippen LogP contribution is -2.07. The maximum atomic E-state index is 11.7. The zero-order valence-electron chi connectivity index (χ0n) is 9.66. The van der Waals surface area contributed by atoms with Gasteiger partial charge in [-0.3, -0.25) is 4.98 Å². The summed E-state index contributed by atoms with van der Waals surface area (Å²) < 4.78 is 4.98. The molecule has 0 spiro atoms. The van der Waals surface area contributed by atoms with Crippen LogP contribution in [0.2, 0.25) is 5.02 Å². The fourth-order valence-electron chi connectivity index (χ4n) is 1.66. The number of benzene rings is 1. The van der Waals surface area contributed by atoms with Crippen molar-refractivity contribution >= 4 is 28.5 Å². The highest BCUT2D eigenvalue weighted by Gasteiger charge is 2.12. The van der Waals surface area contributed by atoms with Crippen LogP contribution in [0, 0.1) is 6.92 Å². The van der Waals surface area contributed by atoms with Gasteiger partial charge in [0.2, 0.25) is 0 Å². The van der Waals surface area contributed by atoms with E-state index in [-0.39, 0.29) is 5.97 Å². The largest absolute Gasteiger partial charge is 0.462 e. The van der Waals surface area contributed by atoms with Crippen LogP contribution in [0.4, 0.5) is 0 Å². The molecule has 0 fully saturated rings. The average molecular weight is 250 g/mol. The molecule has 0 aliphatic rings. The van der Waals surface area contributed by atoms with Gasteiger partial charge < -0.3 is 4.74 Å². The first kappa shape index (κ1) is 11.9. The van der Waals surface area contributed by atoms with Crippen molar-refractivity contribution in [3.8, 4) is 0 Å². The predicted molar refractivity (Wildman–Crippen MR) is 67.4 cm³/mol. The third-order valence-corrected chi connectivity index (χ3v) is 2.70. The zero-order chi connectivity index (χ0) is 12.4. The number of nitrogens with zero attached hydrogens (tertiary/aromatic N) is 1. The van der Waals surface area contributed by atoms with Crippen LogP contribution >= 0.6 is 11.6 Å². The molecule has 0 amide bonds. The normalized spacial score (nSPS) is 10.5. The Bertz CT molecular complexity index is 581. The molecule has 0 bridgehead atoms. The van der Waals surface area contributed by atoms with E-state index in [0.717, 1.165) is 10.9 Å². The Balaban J connectivity index is 2.57. The number of esters is 1. The highest BCUT2D eigenvalue weighted by molar-refractivity contribution is 6.31. The topological polar surface area (TPSA) is 39.2 Å². The maximum Gasteiger partial charge on any atom is 0.339 e. The molecule has 17 heavy (non-hydrogen) atoms. The standard InChI is InChI=1S/C13H12ClNO2/c1-3-17-13(16)11-7-9-6-10(14)4-5-12(9)15-8(11)2/h4-7H,3H2,1-2H3. The van der Waals surface area contributed by atoms with Crippen LogP contribution in [0.1, 0.15) is 23.0 Å². The van der Waals surface area contributed by atoms with E-state index < -0.39 is 0 Å². The van der Waals surface area contributed by atoms with Crippen LogP contribution in [0.5, 0.6) is 0 Å². The van der Waals surface area contributed by atoms with Gasteiger partial charge in [0.1, 0.15) is 0 Å². The number of halogens is 1. The first-order valence-electron chi connectivity index (χ1n) is 5.36. The van der Waals surface area contributed by atoms with Crippen molar-refractivity contribution in [2.24, 2.45) is 0 Å². The molecular weight excluding hydrogens is 238 g/mol. The Morgan fingerprint density at radius 3 is 2.88 bits per heavy atom. The molecule has 0 saturated heterocycles. The SMILES string of the molecule is CCOC(=O)c1cc2cc(Cl)ccc2nc1C. The lowest BCUT2D eigenvalue weighted by atomic mass is 10.1. The molecule has 2 aromatic rings. The van der Waals surface area contributed by atoms with E-state index in [2.05, 4.69) is 4.98 Å². The van der Waals surface area contributed by atoms with Crippen LogP contribution in [0.25, 0.3) is 10.9 Å². The van der Waals surface area contributed by atoms with Crippen molar-refractivity contribution in [3.63, 3.8) is 0 Å². The van der Waals surface area contributed by atoms with Crippen molar-refractivity contribution in [3.05, 3.63) is 40.5 Å². The van der Waals surface area contributed by atoms with Gasteiger partial charge in [0.05, 0.1) is 23.4 Å². The Morgan fingerprint density at radius 1 is 1.41 bits per heavy atom. The summed E-state index contributed by atoms with van der Waals surface area (Å²) in [6, 6.07) is 7.16. The molecule has 0 radical (unpaired) electrons. The quantitative estimate of drug-likeness (QED) is 0.766. The number of pyridine rings is 1. The number of hydrogen-bond donors (Lipinski definition) is 0. The lowest BCUT2D eigenvalue weighted by molar-refractivity contribution is 0.0525. The Labute approximate surface area is 104 Å². The molecule has 0 N–H and O–H groups in total. The highest BCUT2D eigenvalue weighted by atomic mass is 35.5. The van der Waals surface area contributed by atoms with Crippen LogP contribution in [0.15, 0.2) is 24.3 Å². The van der Waals surface area contributed by atoms with Gasteiger partial charge in [-0.25, -0.2) is 4.79 Å². The molecule has 1 heterocycles. The van der Waals surface area contributed by atoms with Gasteiger partial charge >= 0.3 is 5.97 Å². The second kappa shape index (κ2) is 4.72. The van der Waals surface area contributed by atoms with E-state index >= 15 is 0 Å². The minimum absolute atomic E-state index is 0.348. The Hall–Kier alpha value is -1.61. The minimum Gasteiger partial charge on any atom is -0.462 e. The number of carbonyl (C=O) groups is 1. The maximum absolute atomic E-state index is 11.7. The molecule has 3 nitrogen and oxygen atoms in total. The van der Waals surface area contributed by atoms with Gasteiger partial charge in [0.25, 0.3) is 0 Å². The van der Waals surface area contributed by atoms with Crippen LogP contribution in [0.3, 0.4) is 0 Å². The van der Waals surface area contributed by atoms with E-state index in [0.29, 0.717) is 22.9 Å². The van der Waals surface area contributed by atoms with E-state index in [1.807, 2.05) is 6.07 Å². The Kier molecular flexibility index (Phi) is 3.29. The third-order valence-electron chi connectivity index (χ3n) is 2.46. The summed E-state index contributed by atoms with van der Waals surface area (Å²) >= 11 is 5.91. The number of fused-ring (bicyclic) bond motifs is 1. The van der Waals surface area contributed by atoms with Crippen molar-refractivity contribution in [2.75, 3.05) is 6.61 Å². The molecule has 0 aliphatic carbocycles. The number of aryl methyl sites for hydroxylation is 1. The second-order valence-electron chi connectivity index (χ2n) is 3.68. The summed E-state index contributed by atoms with van der Waals surface area (Å²) in [5.74, 6) is -0.348. The summed E-state index contributed by atoms with van der Waals surface area (Å²) in [5.41, 5.74) is 1.97. The van der Waals surface area contributed by atoms with Gasteiger partial charge in [0.15, 0.2) is 0 Å². The molecule has 88 valence electrons. The molecule has 0 atom stereocenters. The average Bonchev–Trinajstić information content (AvgIpc) is 2.29. The molecule has 0 unspecified atom stereocenters. The zero-order valence-corrected chi connectivity index (χ0v) is 10.4. The summed E-state index contributed by atoms with van der Waals surface area (Å²) in [5, 5.41) is 1.46. The van der Waals surface area contributed by atoms with Crippen molar-refractivity contribution in [1.29, 1.82) is 0 Å². The summed E-state index contributed by atoms with van der Waals surface area (Å²) in [6.45, 7) is 3.92. The number of hydrogen-bond acceptors (Lipinski definition) is 3. The van der Waals surface area contributed by atoms with Crippen molar-refractivity contribution in [2.45, 2.75) is 13.8 Å². The fraction of sp³-hybridized carbons (Fsp3) is 0.231. The molecule has 1 aromatic heterocycles. The fourth-order valence-corrected chi connectivity index (χ4v) is 1.84. The molecule has 0 aliphatic heterocycles. The monoisotopic (exact) mass is 249 g/mol. The van der Waals surface area contributed by atoms with Crippen molar-refractivity contribution in [1.82, 2.24) is 4.98 Å². The van der Waals surface area contributed by atoms with Gasteiger partial charge in [-0.1, -0.05) is 11.6 Å². The number of aromatic nitrogens is 1. The Morgan fingerprint density at radius 2 is 2.18 bits per heavy atom. The lowest BCUT2D eigenvalue weighted by Gasteiger charge is -2.07. The molecule has 1 aromatic carbocycles. The molecule has 0 saturated carbocycles. The molecule has 4 heteroatoms. The van der Waals surface area contributed by atoms with E-state index in [9.17, 15) is 4.79 Å². The number of rotatable bonds is 2. The van der Waals surface area contributed by atoms with E-state index in [4.69, 9.17) is 16.3 Å². The molecule has 2 rings (SSSR count). The first-order valence-corrected chi connectivity index (χ1v) is 5.73. The van der Waals surface area contributed by atoms with Gasteiger partial charge in [0, 0.05) is 10.4 Å². The molecular formula is C13H12ClNO2. The third kappa shape index (κ3) is 2.39. The second-order valence-corrected chi connectivity index (χ2v) is 4.12. The van der Waals surface area contributed by atoms with Gasteiger partial charge in [-0.05, 0) is 38.1 Å². The number of ether oxygens (including phenoxy) is 1. The highest BCUT2D eigenvalue weighted by Crippen LogP contribution is 2.21. The smallest absolute Gasteiger partial charge is 0.339 e. The van der Waals surface area contributed by atoms with E-state index in [1.165, 1.54) is 0 Å². The van der Waals surface area contributed by atoms with Gasteiger partial charge in [-0.2, -0.15) is 0 Å². The van der Waals surface area contributed by atoms with Gasteiger partial charge in [-0.15, -0.1) is 0 Å². The summed E-state index contributed by atoms with van der Waals surface area (Å²) in [6.07, 6.45) is 0.